The van der Waals surface area contributed by atoms with Gasteiger partial charge in [0.05, 0.1) is 19.8 Å². The Labute approximate surface area is 179 Å². The van der Waals surface area contributed by atoms with Crippen LogP contribution in [0, 0.1) is 5.92 Å². The van der Waals surface area contributed by atoms with Crippen LogP contribution in [-0.2, 0) is 19.3 Å². The van der Waals surface area contributed by atoms with Gasteiger partial charge in [-0.15, -0.1) is 0 Å². The van der Waals surface area contributed by atoms with Gasteiger partial charge in [0.15, 0.2) is 0 Å². The van der Waals surface area contributed by atoms with E-state index >= 15 is 0 Å². The second kappa shape index (κ2) is 10.2. The first-order valence-corrected chi connectivity index (χ1v) is 10.9. The fourth-order valence-electron chi connectivity index (χ4n) is 3.90. The molecular weight excluding hydrogens is 372 g/mol. The van der Waals surface area contributed by atoms with E-state index in [2.05, 4.69) is 37.3 Å². The normalized spacial score (nSPS) is 17.7. The predicted molar refractivity (Wildman–Crippen MR) is 121 cm³/mol. The van der Waals surface area contributed by atoms with Crippen molar-refractivity contribution in [3.8, 4) is 17.2 Å². The molecule has 0 amide bonds. The van der Waals surface area contributed by atoms with Crippen LogP contribution in [0.2, 0.25) is 0 Å². The number of benzene rings is 3. The molecule has 3 aromatic rings. The maximum absolute atomic E-state index is 5.54. The van der Waals surface area contributed by atoms with E-state index in [-0.39, 0.29) is 0 Å². The average molecular weight is 403 g/mol. The zero-order chi connectivity index (χ0) is 20.6. The number of aryl methyl sites for hydroxylation is 1. The van der Waals surface area contributed by atoms with Crippen molar-refractivity contribution in [3.05, 3.63) is 89.5 Å². The molecule has 0 aliphatic carbocycles. The zero-order valence-corrected chi connectivity index (χ0v) is 17.7. The lowest BCUT2D eigenvalue weighted by molar-refractivity contribution is 0.234. The summed E-state index contributed by atoms with van der Waals surface area (Å²) < 4.78 is 16.3. The molecule has 3 aliphatic heterocycles. The van der Waals surface area contributed by atoms with Gasteiger partial charge in [0.25, 0.3) is 0 Å². The Kier molecular flexibility index (Phi) is 6.91. The Morgan fingerprint density at radius 1 is 0.600 bits per heavy atom. The third-order valence-electron chi connectivity index (χ3n) is 5.49. The van der Waals surface area contributed by atoms with Crippen LogP contribution in [0.25, 0.3) is 0 Å². The molecule has 0 unspecified atom stereocenters. The van der Waals surface area contributed by atoms with E-state index in [4.69, 9.17) is 14.2 Å². The summed E-state index contributed by atoms with van der Waals surface area (Å²) in [6, 6.07) is 24.7. The van der Waals surface area contributed by atoms with Crippen molar-refractivity contribution >= 4 is 0 Å². The summed E-state index contributed by atoms with van der Waals surface area (Å²) in [5, 5.41) is 0. The maximum atomic E-state index is 5.54. The summed E-state index contributed by atoms with van der Waals surface area (Å²) in [6.07, 6.45) is 4.58. The molecule has 30 heavy (non-hydrogen) atoms. The maximum Gasteiger partial charge on any atom is 0.122 e. The van der Waals surface area contributed by atoms with Gasteiger partial charge in [0, 0.05) is 6.42 Å². The van der Waals surface area contributed by atoms with Gasteiger partial charge in [0.1, 0.15) is 17.2 Å². The lowest BCUT2D eigenvalue weighted by Crippen LogP contribution is -2.17. The minimum Gasteiger partial charge on any atom is -0.493 e. The number of ether oxygens (including phenoxy) is 3. The Morgan fingerprint density at radius 2 is 1.13 bits per heavy atom. The number of hydrogen-bond acceptors (Lipinski definition) is 3. The largest absolute Gasteiger partial charge is 0.493 e. The van der Waals surface area contributed by atoms with Crippen LogP contribution in [0.5, 0.6) is 17.2 Å². The Bertz CT molecular complexity index is 902. The first kappa shape index (κ1) is 20.3. The third-order valence-corrected chi connectivity index (χ3v) is 5.49. The smallest absolute Gasteiger partial charge is 0.122 e. The van der Waals surface area contributed by atoms with Crippen molar-refractivity contribution in [1.82, 2.24) is 0 Å². The first-order chi connectivity index (χ1) is 14.8. The topological polar surface area (TPSA) is 27.7 Å². The van der Waals surface area contributed by atoms with Gasteiger partial charge in [-0.05, 0) is 60.1 Å². The van der Waals surface area contributed by atoms with Crippen LogP contribution >= 0.6 is 0 Å². The fourth-order valence-corrected chi connectivity index (χ4v) is 3.90. The van der Waals surface area contributed by atoms with Gasteiger partial charge in [-0.25, -0.2) is 0 Å². The quantitative estimate of drug-likeness (QED) is 0.469. The molecule has 3 aliphatic rings. The first-order valence-electron chi connectivity index (χ1n) is 10.9. The molecule has 3 heteroatoms. The van der Waals surface area contributed by atoms with Crippen molar-refractivity contribution in [2.24, 2.45) is 5.92 Å². The van der Waals surface area contributed by atoms with Crippen LogP contribution in [-0.4, -0.2) is 19.8 Å². The lowest BCUT2D eigenvalue weighted by Gasteiger charge is -2.21. The van der Waals surface area contributed by atoms with E-state index in [0.717, 1.165) is 56.3 Å². The molecule has 156 valence electrons. The number of hydrogen-bond donors (Lipinski definition) is 0. The van der Waals surface area contributed by atoms with Crippen molar-refractivity contribution in [2.45, 2.75) is 32.6 Å². The summed E-state index contributed by atoms with van der Waals surface area (Å²) in [5.74, 6) is 3.89. The predicted octanol–water partition coefficient (Wildman–Crippen LogP) is 5.89. The lowest BCUT2D eigenvalue weighted by atomic mass is 9.99. The van der Waals surface area contributed by atoms with Crippen molar-refractivity contribution < 1.29 is 14.2 Å². The van der Waals surface area contributed by atoms with E-state index in [1.807, 2.05) is 42.5 Å². The summed E-state index contributed by atoms with van der Waals surface area (Å²) in [6.45, 7) is 4.84. The molecule has 0 saturated heterocycles. The van der Waals surface area contributed by atoms with Gasteiger partial charge < -0.3 is 14.2 Å². The number of para-hydroxylation sites is 3. The zero-order valence-electron chi connectivity index (χ0n) is 17.7. The van der Waals surface area contributed by atoms with E-state index in [1.165, 1.54) is 23.1 Å². The summed E-state index contributed by atoms with van der Waals surface area (Å²) in [5.41, 5.74) is 4.05. The molecule has 0 saturated carbocycles. The Hall–Kier alpha value is -2.94. The highest BCUT2D eigenvalue weighted by Gasteiger charge is 2.14. The molecule has 0 N–H and O–H groups in total. The summed E-state index contributed by atoms with van der Waals surface area (Å²) in [4.78, 5) is 0. The van der Waals surface area contributed by atoms with Crippen LogP contribution in [0.1, 0.15) is 30.0 Å². The standard InChI is InChI=1S/C10H12O.C9H10O.C8H8O/c1-8-6-9-4-2-3-5-10(9)11-7-8;1-2-6-9-8(4-1)5-3-7-10-9;1-2-4-8-7(3-1)5-6-9-8/h2-5,8H,6-7H2,1H3;1-2,4,6H,3,5,7H2;1-4H,5-6H2/t8-;;/m0../s1. The average Bonchev–Trinajstić information content (AvgIpc) is 3.29. The number of rotatable bonds is 0. The van der Waals surface area contributed by atoms with Gasteiger partial charge in [-0.3, -0.25) is 0 Å². The molecule has 0 fully saturated rings. The van der Waals surface area contributed by atoms with Crippen LogP contribution in [0.4, 0.5) is 0 Å². The van der Waals surface area contributed by atoms with Crippen LogP contribution < -0.4 is 14.2 Å². The third kappa shape index (κ3) is 5.35. The molecule has 0 bridgehead atoms. The molecule has 1 atom stereocenters. The van der Waals surface area contributed by atoms with E-state index < -0.39 is 0 Å². The minimum atomic E-state index is 0.671. The van der Waals surface area contributed by atoms with Crippen molar-refractivity contribution in [2.75, 3.05) is 19.8 Å². The molecule has 0 radical (unpaired) electrons. The Morgan fingerprint density at radius 3 is 1.77 bits per heavy atom. The van der Waals surface area contributed by atoms with E-state index in [1.54, 1.807) is 0 Å². The van der Waals surface area contributed by atoms with Gasteiger partial charge in [-0.2, -0.15) is 0 Å². The highest BCUT2D eigenvalue weighted by molar-refractivity contribution is 5.36. The minimum absolute atomic E-state index is 0.671. The molecular formula is C27H30O3. The van der Waals surface area contributed by atoms with E-state index in [0.29, 0.717) is 5.92 Å². The molecule has 0 spiro atoms. The van der Waals surface area contributed by atoms with Crippen LogP contribution in [0.3, 0.4) is 0 Å². The van der Waals surface area contributed by atoms with Crippen molar-refractivity contribution in [3.63, 3.8) is 0 Å². The van der Waals surface area contributed by atoms with Crippen LogP contribution in [0.15, 0.2) is 72.8 Å². The van der Waals surface area contributed by atoms with Gasteiger partial charge >= 0.3 is 0 Å². The summed E-state index contributed by atoms with van der Waals surface area (Å²) in [7, 11) is 0. The molecule has 0 aromatic heterocycles. The van der Waals surface area contributed by atoms with Gasteiger partial charge in [0.2, 0.25) is 0 Å². The second-order valence-corrected chi connectivity index (χ2v) is 7.99. The highest BCUT2D eigenvalue weighted by atomic mass is 16.5. The molecule has 6 rings (SSSR count). The van der Waals surface area contributed by atoms with E-state index in [9.17, 15) is 0 Å². The van der Waals surface area contributed by atoms with Crippen molar-refractivity contribution in [1.29, 1.82) is 0 Å². The monoisotopic (exact) mass is 402 g/mol. The molecule has 3 heterocycles. The molecule has 3 aromatic carbocycles. The molecule has 3 nitrogen and oxygen atoms in total. The second-order valence-electron chi connectivity index (χ2n) is 7.99. The Balaban J connectivity index is 0.000000109. The fraction of sp³-hybridized carbons (Fsp3) is 0.333. The van der Waals surface area contributed by atoms with Gasteiger partial charge in [-0.1, -0.05) is 61.5 Å². The number of fused-ring (bicyclic) bond motifs is 3. The highest BCUT2D eigenvalue weighted by Crippen LogP contribution is 2.26. The summed E-state index contributed by atoms with van der Waals surface area (Å²) >= 11 is 0. The SMILES string of the molecule is C[C@@H]1COc2ccccc2C1.c1ccc2c(c1)CCCO2.c1ccc2c(c1)CCO2.